The Morgan fingerprint density at radius 3 is 2.08 bits per heavy atom. The number of likely N-dealkylation sites (tertiary alicyclic amines) is 3. The van der Waals surface area contributed by atoms with Gasteiger partial charge in [-0.25, -0.2) is 13.6 Å². The minimum atomic E-state index is -1.59. The first-order valence-electron chi connectivity index (χ1n) is 20.2. The molecule has 3 aliphatic heterocycles. The third-order valence-corrected chi connectivity index (χ3v) is 11.2. The van der Waals surface area contributed by atoms with E-state index in [0.717, 1.165) is 17.7 Å². The Kier molecular flexibility index (Phi) is 14.8. The Labute approximate surface area is 342 Å². The van der Waals surface area contributed by atoms with Gasteiger partial charge in [-0.05, 0) is 102 Å². The summed E-state index contributed by atoms with van der Waals surface area (Å²) in [5, 5.41) is 21.2. The summed E-state index contributed by atoms with van der Waals surface area (Å²) in [6.07, 6.45) is 0.910. The highest BCUT2D eigenvalue weighted by Gasteiger charge is 2.45. The lowest BCUT2D eigenvalue weighted by Crippen LogP contribution is -2.62. The molecule has 2 aromatic rings. The van der Waals surface area contributed by atoms with Gasteiger partial charge >= 0.3 is 6.03 Å². The third-order valence-electron chi connectivity index (χ3n) is 11.2. The summed E-state index contributed by atoms with van der Waals surface area (Å²) >= 11 is 0. The lowest BCUT2D eigenvalue weighted by Gasteiger charge is -2.39. The van der Waals surface area contributed by atoms with Crippen molar-refractivity contribution >= 4 is 47.0 Å². The Morgan fingerprint density at radius 2 is 1.44 bits per heavy atom. The Morgan fingerprint density at radius 1 is 0.797 bits per heavy atom. The van der Waals surface area contributed by atoms with E-state index < -0.39 is 83.6 Å². The summed E-state index contributed by atoms with van der Waals surface area (Å²) < 4.78 is 28.3. The topological polar surface area (TPSA) is 198 Å². The summed E-state index contributed by atoms with van der Waals surface area (Å²) in [7, 11) is 0. The second-order valence-electron chi connectivity index (χ2n) is 16.1. The van der Waals surface area contributed by atoms with E-state index in [0.29, 0.717) is 50.4 Å². The summed E-state index contributed by atoms with van der Waals surface area (Å²) in [6.45, 7) is 8.80. The van der Waals surface area contributed by atoms with Crippen molar-refractivity contribution in [1.82, 2.24) is 30.7 Å². The molecule has 5 N–H and O–H groups in total. The number of anilines is 1. The largest absolute Gasteiger partial charge is 0.391 e. The van der Waals surface area contributed by atoms with Crippen LogP contribution in [-0.4, -0.2) is 123 Å². The molecule has 3 fully saturated rings. The molecule has 0 spiro atoms. The van der Waals surface area contributed by atoms with Crippen LogP contribution in [0.4, 0.5) is 19.3 Å². The first-order chi connectivity index (χ1) is 27.9. The predicted octanol–water partition coefficient (Wildman–Crippen LogP) is 2.57. The molecule has 0 saturated carbocycles. The van der Waals surface area contributed by atoms with E-state index >= 15 is 0 Å². The fraction of sp³-hybridized carbons (Fsp3) is 0.548. The fourth-order valence-corrected chi connectivity index (χ4v) is 8.20. The van der Waals surface area contributed by atoms with Crippen LogP contribution in [0.2, 0.25) is 0 Å². The van der Waals surface area contributed by atoms with E-state index in [1.54, 1.807) is 31.2 Å². The number of hydrogen-bond donors (Lipinski definition) is 5. The highest BCUT2D eigenvalue weighted by molar-refractivity contribution is 5.98. The molecule has 3 saturated heterocycles. The molecular formula is C42H55F2N7O8. The van der Waals surface area contributed by atoms with Crippen LogP contribution in [0, 0.1) is 24.5 Å². The quantitative estimate of drug-likeness (QED) is 0.203. The lowest BCUT2D eigenvalue weighted by molar-refractivity contribution is -0.152. The molecule has 0 radical (unpaired) electrons. The van der Waals surface area contributed by atoms with Crippen LogP contribution in [0.5, 0.6) is 0 Å². The van der Waals surface area contributed by atoms with E-state index in [1.165, 1.54) is 28.5 Å². The van der Waals surface area contributed by atoms with Crippen LogP contribution in [0.1, 0.15) is 77.3 Å². The molecule has 5 rings (SSSR count). The number of carbonyl (C=O) groups excluding carboxylic acids is 7. The number of benzene rings is 2. The number of aryl methyl sites for hydroxylation is 1. The smallest absolute Gasteiger partial charge is 0.319 e. The van der Waals surface area contributed by atoms with Gasteiger partial charge in [-0.2, -0.15) is 0 Å². The average Bonchev–Trinajstić information content (AvgIpc) is 3.83. The molecule has 59 heavy (non-hydrogen) atoms. The predicted molar refractivity (Wildman–Crippen MR) is 212 cm³/mol. The van der Waals surface area contributed by atoms with Gasteiger partial charge in [0.2, 0.25) is 29.5 Å². The number of hydrogen-bond acceptors (Lipinski definition) is 8. The zero-order chi connectivity index (χ0) is 43.1. The first kappa shape index (κ1) is 44.6. The minimum Gasteiger partial charge on any atom is -0.391 e. The summed E-state index contributed by atoms with van der Waals surface area (Å²) in [5.41, 5.74) is 1.38. The maximum atomic E-state index is 14.3. The molecule has 3 aliphatic rings. The van der Waals surface area contributed by atoms with Crippen molar-refractivity contribution < 1.29 is 47.4 Å². The molecule has 7 amide bonds. The van der Waals surface area contributed by atoms with Gasteiger partial charge < -0.3 is 41.1 Å². The molecule has 0 unspecified atom stereocenters. The van der Waals surface area contributed by atoms with E-state index in [-0.39, 0.29) is 49.1 Å². The van der Waals surface area contributed by atoms with E-state index in [1.807, 2.05) is 13.8 Å². The van der Waals surface area contributed by atoms with Crippen LogP contribution >= 0.6 is 0 Å². The van der Waals surface area contributed by atoms with Crippen LogP contribution in [-0.2, 0) is 35.2 Å². The number of aliphatic hydroxyl groups is 1. The van der Waals surface area contributed by atoms with Crippen LogP contribution < -0.4 is 21.3 Å². The number of halogens is 2. The second kappa shape index (κ2) is 19.5. The van der Waals surface area contributed by atoms with Gasteiger partial charge in [0.1, 0.15) is 41.8 Å². The van der Waals surface area contributed by atoms with Crippen LogP contribution in [0.25, 0.3) is 0 Å². The van der Waals surface area contributed by atoms with Crippen molar-refractivity contribution in [3.05, 3.63) is 65.2 Å². The number of Topliss-reactive ketones (excluding diaryl/α,β-unsaturated/α-hetero) is 1. The lowest BCUT2D eigenvalue weighted by atomic mass is 9.99. The fourth-order valence-electron chi connectivity index (χ4n) is 8.20. The number of carbonyl (C=O) groups is 7. The summed E-state index contributed by atoms with van der Waals surface area (Å²) in [6, 6.07) is 2.11. The molecule has 8 atom stereocenters. The van der Waals surface area contributed by atoms with Gasteiger partial charge in [-0.15, -0.1) is 0 Å². The Hall–Kier alpha value is -5.45. The maximum Gasteiger partial charge on any atom is 0.319 e. The number of piperidine rings is 1. The normalized spacial score (nSPS) is 22.5. The van der Waals surface area contributed by atoms with Gasteiger partial charge in [0, 0.05) is 37.8 Å². The molecule has 17 heteroatoms. The van der Waals surface area contributed by atoms with Crippen LogP contribution in [0.15, 0.2) is 42.5 Å². The van der Waals surface area contributed by atoms with Crippen molar-refractivity contribution in [3.8, 4) is 0 Å². The third kappa shape index (κ3) is 11.2. The van der Waals surface area contributed by atoms with Crippen molar-refractivity contribution in [2.45, 2.75) is 122 Å². The highest BCUT2D eigenvalue weighted by atomic mass is 19.1. The van der Waals surface area contributed by atoms with Crippen molar-refractivity contribution in [1.29, 1.82) is 0 Å². The van der Waals surface area contributed by atoms with Crippen molar-refractivity contribution in [3.63, 3.8) is 0 Å². The van der Waals surface area contributed by atoms with Gasteiger partial charge in [0.05, 0.1) is 12.1 Å². The standard InChI is InChI=1S/C42H55F2N7O8/c1-23-11-13-31(14-12-23)46-42(59)47-32(20-28-18-29(43)21-30(44)19-28)37(54)48-36(27(5)53)41(58)50-16-8-10-34(50)40(57)49-15-7-6-9-33(49)38(55)45-25(3)39(56)51-22-24(2)17-35(51)26(4)52/h11-14,18-19,21,24-25,27,32-36,53H,6-10,15-17,20,22H2,1-5H3,(H,45,55)(H,48,54)(H2,46,47,59)/t24-,25-,27-,32-,33-,34-,35-,36-/m0/s1. The van der Waals surface area contributed by atoms with Gasteiger partial charge in [0.25, 0.3) is 0 Å². The zero-order valence-corrected chi connectivity index (χ0v) is 34.1. The van der Waals surface area contributed by atoms with Gasteiger partial charge in [0.15, 0.2) is 5.78 Å². The van der Waals surface area contributed by atoms with Gasteiger partial charge in [-0.1, -0.05) is 24.6 Å². The number of amides is 7. The number of rotatable bonds is 13. The number of nitrogens with one attached hydrogen (secondary N) is 4. The van der Waals surface area contributed by atoms with Crippen molar-refractivity contribution in [2.24, 2.45) is 5.92 Å². The molecule has 320 valence electrons. The minimum absolute atomic E-state index is 0.0354. The zero-order valence-electron chi connectivity index (χ0n) is 34.1. The van der Waals surface area contributed by atoms with Crippen molar-refractivity contribution in [2.75, 3.05) is 25.0 Å². The second-order valence-corrected chi connectivity index (χ2v) is 16.1. The van der Waals surface area contributed by atoms with E-state index in [9.17, 15) is 47.4 Å². The van der Waals surface area contributed by atoms with E-state index in [2.05, 4.69) is 21.3 Å². The van der Waals surface area contributed by atoms with Crippen LogP contribution in [0.3, 0.4) is 0 Å². The summed E-state index contributed by atoms with van der Waals surface area (Å²) in [5.74, 6) is -4.93. The highest BCUT2D eigenvalue weighted by Crippen LogP contribution is 2.27. The Balaban J connectivity index is 1.29. The Bertz CT molecular complexity index is 1890. The molecule has 0 bridgehead atoms. The SMILES string of the molecule is CC(=O)[C@@H]1C[C@H](C)CN1C(=O)[C@H](C)NC(=O)[C@@H]1CCCCN1C(=O)[C@@H]1CCCN1C(=O)[C@@H](NC(=O)[C@H](Cc1cc(F)cc(F)c1)NC(=O)Nc1ccc(C)cc1)[C@H](C)O. The number of aliphatic hydroxyl groups excluding tert-OH is 1. The maximum absolute atomic E-state index is 14.3. The molecule has 0 aromatic heterocycles. The number of ketones is 1. The average molecular weight is 824 g/mol. The first-order valence-corrected chi connectivity index (χ1v) is 20.2. The number of nitrogens with zero attached hydrogens (tertiary/aromatic N) is 3. The molecule has 2 aromatic carbocycles. The summed E-state index contributed by atoms with van der Waals surface area (Å²) in [4.78, 5) is 98.9. The molecule has 15 nitrogen and oxygen atoms in total. The number of urea groups is 1. The monoisotopic (exact) mass is 823 g/mol. The van der Waals surface area contributed by atoms with Gasteiger partial charge in [-0.3, -0.25) is 28.8 Å². The molecule has 3 heterocycles. The van der Waals surface area contributed by atoms with E-state index in [4.69, 9.17) is 0 Å². The molecular weight excluding hydrogens is 768 g/mol. The molecule has 0 aliphatic carbocycles.